The number of amides is 2. The number of fused-ring (bicyclic) bond motifs is 1. The topological polar surface area (TPSA) is 110 Å². The van der Waals surface area contributed by atoms with Crippen molar-refractivity contribution in [2.45, 2.75) is 29.3 Å². The number of nitrogens with zero attached hydrogens (tertiary/aromatic N) is 2. The molecular weight excluding hydrogens is 504 g/mol. The van der Waals surface area contributed by atoms with Gasteiger partial charge < -0.3 is 15.4 Å². The third-order valence-corrected chi connectivity index (χ3v) is 8.21. The van der Waals surface area contributed by atoms with Gasteiger partial charge in [0.2, 0.25) is 11.8 Å². The number of ether oxygens (including phenoxy) is 1. The van der Waals surface area contributed by atoms with Crippen molar-refractivity contribution in [3.63, 3.8) is 0 Å². The zero-order valence-electron chi connectivity index (χ0n) is 20.4. The summed E-state index contributed by atoms with van der Waals surface area (Å²) in [5.41, 5.74) is 3.22. The van der Waals surface area contributed by atoms with Crippen LogP contribution in [-0.4, -0.2) is 58.6 Å². The van der Waals surface area contributed by atoms with Crippen LogP contribution in [0.25, 0.3) is 0 Å². The van der Waals surface area contributed by atoms with Gasteiger partial charge in [0, 0.05) is 13.0 Å². The zero-order valence-corrected chi connectivity index (χ0v) is 21.2. The van der Waals surface area contributed by atoms with Crippen molar-refractivity contribution in [1.29, 1.82) is 0 Å². The van der Waals surface area contributed by atoms with Crippen LogP contribution in [0.2, 0.25) is 0 Å². The fourth-order valence-corrected chi connectivity index (χ4v) is 5.93. The van der Waals surface area contributed by atoms with Crippen molar-refractivity contribution < 1.29 is 31.5 Å². The number of rotatable bonds is 8. The van der Waals surface area contributed by atoms with Crippen LogP contribution < -0.4 is 14.8 Å². The van der Waals surface area contributed by atoms with E-state index in [0.29, 0.717) is 28.8 Å². The van der Waals surface area contributed by atoms with Gasteiger partial charge in [-0.15, -0.1) is 0 Å². The minimum absolute atomic E-state index is 0.0739. The highest BCUT2D eigenvalue weighted by Crippen LogP contribution is 2.44. The van der Waals surface area contributed by atoms with Crippen LogP contribution in [0.3, 0.4) is 0 Å². The van der Waals surface area contributed by atoms with Gasteiger partial charge in [-0.1, -0.05) is 18.2 Å². The molecular formula is C26H27F2N3O5S. The SMILES string of the molecule is CN(C)CCOc1ccc(S(=O)(=O)N2C(=O)CCc3ccc(C4(C(N)=O)C(F)=CC=CC4F)cc32)cc1. The molecule has 11 heteroatoms. The van der Waals surface area contributed by atoms with Gasteiger partial charge in [0.15, 0.2) is 5.41 Å². The number of nitrogens with two attached hydrogens (primary N) is 1. The molecule has 2 aliphatic rings. The smallest absolute Gasteiger partial charge is 0.270 e. The number of alkyl halides is 1. The van der Waals surface area contributed by atoms with E-state index in [4.69, 9.17) is 10.5 Å². The number of hydrogen-bond acceptors (Lipinski definition) is 6. The second-order valence-electron chi connectivity index (χ2n) is 9.10. The van der Waals surface area contributed by atoms with E-state index in [1.807, 2.05) is 19.0 Å². The van der Waals surface area contributed by atoms with Gasteiger partial charge in [-0.05, 0) is 74.1 Å². The first kappa shape index (κ1) is 26.5. The predicted octanol–water partition coefficient (Wildman–Crippen LogP) is 2.78. The second kappa shape index (κ2) is 10.1. The van der Waals surface area contributed by atoms with Crippen molar-refractivity contribution in [1.82, 2.24) is 4.90 Å². The minimum Gasteiger partial charge on any atom is -0.492 e. The third kappa shape index (κ3) is 4.64. The quantitative estimate of drug-likeness (QED) is 0.561. The number of carbonyl (C=O) groups excluding carboxylic acids is 2. The monoisotopic (exact) mass is 531 g/mol. The summed E-state index contributed by atoms with van der Waals surface area (Å²) < 4.78 is 63.5. The van der Waals surface area contributed by atoms with E-state index in [1.54, 1.807) is 0 Å². The number of sulfonamides is 1. The van der Waals surface area contributed by atoms with E-state index in [-0.39, 0.29) is 29.0 Å². The number of benzene rings is 2. The molecule has 37 heavy (non-hydrogen) atoms. The van der Waals surface area contributed by atoms with E-state index in [2.05, 4.69) is 0 Å². The van der Waals surface area contributed by atoms with E-state index in [9.17, 15) is 18.0 Å². The summed E-state index contributed by atoms with van der Waals surface area (Å²) in [6.45, 7) is 1.07. The Kier molecular flexibility index (Phi) is 7.20. The number of likely N-dealkylation sites (N-methyl/N-ethyl adjacent to an activating group) is 1. The molecule has 0 bridgehead atoms. The Bertz CT molecular complexity index is 1390. The molecule has 0 spiro atoms. The fraction of sp³-hybridized carbons (Fsp3) is 0.308. The third-order valence-electron chi connectivity index (χ3n) is 6.47. The number of allylic oxidation sites excluding steroid dienone is 3. The maximum atomic E-state index is 15.1. The Hall–Kier alpha value is -3.57. The molecule has 4 rings (SSSR count). The highest BCUT2D eigenvalue weighted by Gasteiger charge is 2.51. The summed E-state index contributed by atoms with van der Waals surface area (Å²) in [4.78, 5) is 27.1. The van der Waals surface area contributed by atoms with Crippen molar-refractivity contribution in [2.24, 2.45) is 5.73 Å². The molecule has 0 saturated carbocycles. The number of anilines is 1. The van der Waals surface area contributed by atoms with Crippen molar-refractivity contribution in [3.05, 3.63) is 77.6 Å². The molecule has 2 aromatic carbocycles. The lowest BCUT2D eigenvalue weighted by Gasteiger charge is -2.35. The summed E-state index contributed by atoms with van der Waals surface area (Å²) in [5.74, 6) is -2.64. The molecule has 2 N–H and O–H groups in total. The lowest BCUT2D eigenvalue weighted by Crippen LogP contribution is -2.50. The molecule has 2 unspecified atom stereocenters. The van der Waals surface area contributed by atoms with Gasteiger partial charge >= 0.3 is 0 Å². The van der Waals surface area contributed by atoms with Gasteiger partial charge in [-0.2, -0.15) is 0 Å². The Labute approximate surface area is 214 Å². The first-order valence-electron chi connectivity index (χ1n) is 11.6. The molecule has 8 nitrogen and oxygen atoms in total. The van der Waals surface area contributed by atoms with Gasteiger partial charge in [0.25, 0.3) is 10.0 Å². The van der Waals surface area contributed by atoms with E-state index in [1.165, 1.54) is 36.4 Å². The Morgan fingerprint density at radius 3 is 2.51 bits per heavy atom. The van der Waals surface area contributed by atoms with Gasteiger partial charge in [0.05, 0.1) is 10.6 Å². The molecule has 0 aromatic heterocycles. The lowest BCUT2D eigenvalue weighted by molar-refractivity contribution is -0.124. The largest absolute Gasteiger partial charge is 0.492 e. The van der Waals surface area contributed by atoms with Crippen LogP contribution >= 0.6 is 0 Å². The molecule has 2 aromatic rings. The first-order valence-corrected chi connectivity index (χ1v) is 13.0. The molecule has 196 valence electrons. The van der Waals surface area contributed by atoms with Crippen LogP contribution in [0.4, 0.5) is 14.5 Å². The van der Waals surface area contributed by atoms with Gasteiger partial charge in [-0.3, -0.25) is 9.59 Å². The number of hydrogen-bond donors (Lipinski definition) is 1. The zero-order chi connectivity index (χ0) is 27.0. The molecule has 2 atom stereocenters. The summed E-state index contributed by atoms with van der Waals surface area (Å²) in [5, 5.41) is 0. The van der Waals surface area contributed by atoms with E-state index in [0.717, 1.165) is 24.3 Å². The molecule has 2 amide bonds. The van der Waals surface area contributed by atoms with E-state index >= 15 is 8.78 Å². The lowest BCUT2D eigenvalue weighted by atomic mass is 9.72. The summed E-state index contributed by atoms with van der Waals surface area (Å²) in [6.07, 6.45) is 1.07. The Morgan fingerprint density at radius 2 is 1.89 bits per heavy atom. The number of halogens is 2. The normalized spacial score (nSPS) is 21.5. The summed E-state index contributed by atoms with van der Waals surface area (Å²) >= 11 is 0. The average molecular weight is 532 g/mol. The van der Waals surface area contributed by atoms with Crippen LogP contribution in [0.1, 0.15) is 17.5 Å². The number of carbonyl (C=O) groups is 2. The molecule has 1 aliphatic heterocycles. The maximum Gasteiger partial charge on any atom is 0.270 e. The Balaban J connectivity index is 1.75. The van der Waals surface area contributed by atoms with Gasteiger partial charge in [0.1, 0.15) is 24.4 Å². The number of aryl methyl sites for hydroxylation is 1. The highest BCUT2D eigenvalue weighted by atomic mass is 32.2. The standard InChI is InChI=1S/C26H27F2N3O5S/c1-30(2)14-15-36-19-9-11-20(12-10-19)37(34,35)31-21-16-18(8-6-17(21)7-13-24(31)32)26(25(29)33)22(27)4-3-5-23(26)28/h3-6,8-12,16,22H,7,13-15H2,1-2H3,(H2,29,33). The van der Waals surface area contributed by atoms with Gasteiger partial charge in [-0.25, -0.2) is 21.5 Å². The highest BCUT2D eigenvalue weighted by molar-refractivity contribution is 7.93. The van der Waals surface area contributed by atoms with E-state index < -0.39 is 39.3 Å². The summed E-state index contributed by atoms with van der Waals surface area (Å²) in [6, 6.07) is 9.57. The van der Waals surface area contributed by atoms with Crippen LogP contribution in [0.15, 0.2) is 71.4 Å². The molecule has 0 saturated heterocycles. The maximum absolute atomic E-state index is 15.1. The molecule has 0 radical (unpaired) electrons. The van der Waals surface area contributed by atoms with Crippen LogP contribution in [0.5, 0.6) is 5.75 Å². The van der Waals surface area contributed by atoms with Crippen LogP contribution in [-0.2, 0) is 31.4 Å². The van der Waals surface area contributed by atoms with Crippen molar-refractivity contribution in [2.75, 3.05) is 31.6 Å². The Morgan fingerprint density at radius 1 is 1.19 bits per heavy atom. The molecule has 1 heterocycles. The van der Waals surface area contributed by atoms with Crippen molar-refractivity contribution >= 4 is 27.5 Å². The number of primary amides is 1. The average Bonchev–Trinajstić information content (AvgIpc) is 2.83. The molecule has 0 fully saturated rings. The fourth-order valence-electron chi connectivity index (χ4n) is 4.45. The first-order chi connectivity index (χ1) is 17.5. The minimum atomic E-state index is -4.40. The second-order valence-corrected chi connectivity index (χ2v) is 10.9. The predicted molar refractivity (Wildman–Crippen MR) is 134 cm³/mol. The van der Waals surface area contributed by atoms with Crippen molar-refractivity contribution in [3.8, 4) is 5.75 Å². The van der Waals surface area contributed by atoms with Crippen LogP contribution in [0, 0.1) is 0 Å². The summed E-state index contributed by atoms with van der Waals surface area (Å²) in [7, 11) is -0.611. The molecule has 1 aliphatic carbocycles.